The average molecular weight is 712 g/mol. The fourth-order valence-electron chi connectivity index (χ4n) is 7.86. The Morgan fingerprint density at radius 1 is 1.02 bits per heavy atom. The predicted molar refractivity (Wildman–Crippen MR) is 196 cm³/mol. The summed E-state index contributed by atoms with van der Waals surface area (Å²) in [4.78, 5) is 37.3. The molecule has 13 heteroatoms. The summed E-state index contributed by atoms with van der Waals surface area (Å²) in [5.74, 6) is 0.999. The van der Waals surface area contributed by atoms with E-state index in [0.717, 1.165) is 72.4 Å². The minimum atomic E-state index is -0.260. The number of nitrogens with one attached hydrogen (secondary N) is 3. The van der Waals surface area contributed by atoms with Crippen molar-refractivity contribution in [3.63, 3.8) is 0 Å². The van der Waals surface area contributed by atoms with Gasteiger partial charge < -0.3 is 20.7 Å². The number of pyridine rings is 2. The summed E-state index contributed by atoms with van der Waals surface area (Å²) in [6.07, 6.45) is 5.34. The standard InChI is InChI=1S/C37H36Cl2N8O3/c1-20-16-22-18-41-46(2)35(48)30(22)33(42-20)43-26-9-5-7-24(32(26)39)23-6-4-8-25(31(23)38)27-17-21-10-11-28(29(21)34(44-27)50-3)47-15-13-37(19-47)12-14-40-36(49)45-37/h4-9,16-18,28H,10-15,19H2,1-3H3,(H,42,43)(H2,40,45,49)/t28-,37+/m1/s1. The second-order valence-electron chi connectivity index (χ2n) is 13.4. The number of halogens is 2. The van der Waals surface area contributed by atoms with Crippen LogP contribution in [0.15, 0.2) is 59.5 Å². The molecule has 3 aromatic heterocycles. The Morgan fingerprint density at radius 3 is 2.60 bits per heavy atom. The number of methoxy groups -OCH3 is 1. The molecule has 2 fully saturated rings. The zero-order valence-corrected chi connectivity index (χ0v) is 29.5. The van der Waals surface area contributed by atoms with Crippen LogP contribution in [-0.4, -0.2) is 63.0 Å². The maximum absolute atomic E-state index is 13.1. The third kappa shape index (κ3) is 5.53. The maximum atomic E-state index is 13.1. The molecule has 3 N–H and O–H groups in total. The highest BCUT2D eigenvalue weighted by Gasteiger charge is 2.45. The second kappa shape index (κ2) is 12.6. The number of likely N-dealkylation sites (tertiary alicyclic amines) is 1. The van der Waals surface area contributed by atoms with Gasteiger partial charge in [-0.3, -0.25) is 9.69 Å². The van der Waals surface area contributed by atoms with Gasteiger partial charge in [0.05, 0.1) is 45.7 Å². The summed E-state index contributed by atoms with van der Waals surface area (Å²) in [6.45, 7) is 4.27. The topological polar surface area (TPSA) is 126 Å². The molecule has 5 aromatic rings. The lowest BCUT2D eigenvalue weighted by atomic mass is 9.93. The number of benzene rings is 2. The van der Waals surface area contributed by atoms with Gasteiger partial charge in [-0.25, -0.2) is 19.4 Å². The van der Waals surface area contributed by atoms with E-state index in [9.17, 15) is 9.59 Å². The summed E-state index contributed by atoms with van der Waals surface area (Å²) < 4.78 is 7.23. The first kappa shape index (κ1) is 32.5. The zero-order chi connectivity index (χ0) is 34.7. The minimum absolute atomic E-state index is 0.0843. The van der Waals surface area contributed by atoms with Gasteiger partial charge in [-0.05, 0) is 56.4 Å². The van der Waals surface area contributed by atoms with Gasteiger partial charge in [0.15, 0.2) is 0 Å². The number of nitrogens with zero attached hydrogens (tertiary/aromatic N) is 5. The van der Waals surface area contributed by atoms with Gasteiger partial charge in [0, 0.05) is 66.1 Å². The number of hydrogen-bond donors (Lipinski definition) is 3. The molecule has 2 amide bonds. The van der Waals surface area contributed by atoms with Crippen molar-refractivity contribution in [1.82, 2.24) is 35.3 Å². The number of carbonyl (C=O) groups excluding carboxylic acids is 1. The molecule has 5 heterocycles. The first-order chi connectivity index (χ1) is 24.1. The van der Waals surface area contributed by atoms with Gasteiger partial charge in [0.2, 0.25) is 5.88 Å². The van der Waals surface area contributed by atoms with Gasteiger partial charge >= 0.3 is 6.03 Å². The summed E-state index contributed by atoms with van der Waals surface area (Å²) in [5, 5.41) is 15.6. The van der Waals surface area contributed by atoms with E-state index < -0.39 is 0 Å². The van der Waals surface area contributed by atoms with E-state index in [2.05, 4.69) is 37.0 Å². The molecule has 0 saturated carbocycles. The van der Waals surface area contributed by atoms with Crippen molar-refractivity contribution in [3.05, 3.63) is 91.9 Å². The van der Waals surface area contributed by atoms with Crippen LogP contribution in [0.25, 0.3) is 33.2 Å². The number of aryl methyl sites for hydroxylation is 3. The number of aromatic nitrogens is 4. The van der Waals surface area contributed by atoms with E-state index in [1.807, 2.05) is 49.4 Å². The third-order valence-electron chi connectivity index (χ3n) is 10.3. The highest BCUT2D eigenvalue weighted by molar-refractivity contribution is 6.39. The normalized spacial score (nSPS) is 20.2. The van der Waals surface area contributed by atoms with Gasteiger partial charge in [-0.2, -0.15) is 5.10 Å². The van der Waals surface area contributed by atoms with Crippen molar-refractivity contribution in [2.45, 2.75) is 44.2 Å². The summed E-state index contributed by atoms with van der Waals surface area (Å²) in [7, 11) is 3.27. The van der Waals surface area contributed by atoms with Crippen molar-refractivity contribution in [2.24, 2.45) is 7.05 Å². The molecular weight excluding hydrogens is 675 g/mol. The van der Waals surface area contributed by atoms with E-state index in [1.165, 1.54) is 10.2 Å². The molecule has 1 spiro atoms. The third-order valence-corrected chi connectivity index (χ3v) is 11.1. The molecule has 0 bridgehead atoms. The van der Waals surface area contributed by atoms with Gasteiger partial charge in [0.25, 0.3) is 5.56 Å². The number of hydrogen-bond acceptors (Lipinski definition) is 8. The number of rotatable bonds is 6. The monoisotopic (exact) mass is 710 g/mol. The number of fused-ring (bicyclic) bond motifs is 2. The van der Waals surface area contributed by atoms with Crippen LogP contribution in [-0.2, 0) is 13.5 Å². The molecule has 2 atom stereocenters. The number of anilines is 2. The Balaban J connectivity index is 1.12. The van der Waals surface area contributed by atoms with Gasteiger partial charge in [-0.1, -0.05) is 53.5 Å². The minimum Gasteiger partial charge on any atom is -0.481 e. The Hall–Kier alpha value is -4.71. The first-order valence-electron chi connectivity index (χ1n) is 16.7. The van der Waals surface area contributed by atoms with E-state index >= 15 is 0 Å². The number of amides is 2. The van der Waals surface area contributed by atoms with Crippen molar-refractivity contribution in [2.75, 3.05) is 32.1 Å². The van der Waals surface area contributed by atoms with Gasteiger partial charge in [0.1, 0.15) is 5.82 Å². The average Bonchev–Trinajstić information content (AvgIpc) is 3.71. The molecule has 8 rings (SSSR count). The van der Waals surface area contributed by atoms with Crippen molar-refractivity contribution in [3.8, 4) is 28.3 Å². The Labute approximate surface area is 299 Å². The second-order valence-corrected chi connectivity index (χ2v) is 14.1. The molecule has 1 aliphatic carbocycles. The quantitative estimate of drug-likeness (QED) is 0.181. The predicted octanol–water partition coefficient (Wildman–Crippen LogP) is 6.56. The van der Waals surface area contributed by atoms with Crippen LogP contribution >= 0.6 is 23.2 Å². The van der Waals surface area contributed by atoms with Crippen molar-refractivity contribution in [1.29, 1.82) is 0 Å². The molecule has 256 valence electrons. The molecular formula is C37H36Cl2N8O3. The molecule has 11 nitrogen and oxygen atoms in total. The Bertz CT molecular complexity index is 2260. The first-order valence-corrected chi connectivity index (χ1v) is 17.5. The number of ether oxygens (including phenoxy) is 1. The smallest absolute Gasteiger partial charge is 0.315 e. The SMILES string of the molecule is COc1nc(-c2cccc(-c3cccc(Nc4nc(C)cc5cnn(C)c(=O)c45)c3Cl)c2Cl)cc2c1[C@H](N1CC[C@@]3(CCNC(=O)N3)C1)CC2. The van der Waals surface area contributed by atoms with Crippen molar-refractivity contribution < 1.29 is 9.53 Å². The lowest BCUT2D eigenvalue weighted by molar-refractivity contribution is 0.187. The van der Waals surface area contributed by atoms with Crippen LogP contribution in [0.2, 0.25) is 10.0 Å². The molecule has 0 radical (unpaired) electrons. The van der Waals surface area contributed by atoms with E-state index in [4.69, 9.17) is 32.9 Å². The molecule has 50 heavy (non-hydrogen) atoms. The maximum Gasteiger partial charge on any atom is 0.315 e. The van der Waals surface area contributed by atoms with Crippen LogP contribution < -0.4 is 26.2 Å². The Kier molecular flexibility index (Phi) is 8.16. The van der Waals surface area contributed by atoms with Crippen LogP contribution in [0, 0.1) is 6.92 Å². The molecule has 2 saturated heterocycles. The van der Waals surface area contributed by atoms with E-state index in [1.54, 1.807) is 20.4 Å². The summed E-state index contributed by atoms with van der Waals surface area (Å²) >= 11 is 14.3. The molecule has 2 aromatic carbocycles. The molecule has 0 unspecified atom stereocenters. The fraction of sp³-hybridized carbons (Fsp3) is 0.324. The Morgan fingerprint density at radius 2 is 1.80 bits per heavy atom. The van der Waals surface area contributed by atoms with E-state index in [0.29, 0.717) is 44.7 Å². The highest BCUT2D eigenvalue weighted by atomic mass is 35.5. The molecule has 2 aliphatic heterocycles. The zero-order valence-electron chi connectivity index (χ0n) is 27.9. The highest BCUT2D eigenvalue weighted by Crippen LogP contribution is 2.47. The number of urea groups is 1. The van der Waals surface area contributed by atoms with Crippen LogP contribution in [0.5, 0.6) is 5.88 Å². The lowest BCUT2D eigenvalue weighted by Gasteiger charge is -2.36. The summed E-state index contributed by atoms with van der Waals surface area (Å²) in [6, 6.07) is 15.5. The van der Waals surface area contributed by atoms with Crippen molar-refractivity contribution >= 4 is 51.5 Å². The van der Waals surface area contributed by atoms with Crippen LogP contribution in [0.4, 0.5) is 16.3 Å². The van der Waals surface area contributed by atoms with Gasteiger partial charge in [-0.15, -0.1) is 0 Å². The fourth-order valence-corrected chi connectivity index (χ4v) is 8.46. The molecule has 3 aliphatic rings. The van der Waals surface area contributed by atoms with E-state index in [-0.39, 0.29) is 23.2 Å². The largest absolute Gasteiger partial charge is 0.481 e. The lowest BCUT2D eigenvalue weighted by Crippen LogP contribution is -2.59. The van der Waals surface area contributed by atoms with Crippen LogP contribution in [0.3, 0.4) is 0 Å². The van der Waals surface area contributed by atoms with Crippen LogP contribution in [0.1, 0.15) is 42.1 Å². The summed E-state index contributed by atoms with van der Waals surface area (Å²) in [5.41, 5.74) is 6.13. The number of carbonyl (C=O) groups is 1.